The van der Waals surface area contributed by atoms with Gasteiger partial charge in [-0.15, -0.1) is 13.2 Å². The lowest BCUT2D eigenvalue weighted by Gasteiger charge is -2.13. The summed E-state index contributed by atoms with van der Waals surface area (Å²) in [5.74, 6) is -0.144. The third kappa shape index (κ3) is 6.57. The maximum atomic E-state index is 12.6. The van der Waals surface area contributed by atoms with Gasteiger partial charge in [-0.1, -0.05) is 11.3 Å². The van der Waals surface area contributed by atoms with Crippen LogP contribution in [0.3, 0.4) is 0 Å². The highest BCUT2D eigenvalue weighted by Gasteiger charge is 2.31. The Hall–Kier alpha value is -3.93. The number of nitrogens with zero attached hydrogens (tertiary/aromatic N) is 2. The van der Waals surface area contributed by atoms with Crippen LogP contribution in [0.15, 0.2) is 53.3 Å². The number of aromatic amines is 1. The predicted octanol–water partition coefficient (Wildman–Crippen LogP) is 4.14. The van der Waals surface area contributed by atoms with Crippen LogP contribution < -0.4 is 19.7 Å². The fourth-order valence-corrected chi connectivity index (χ4v) is 3.96. The molecule has 0 unspecified atom stereocenters. The van der Waals surface area contributed by atoms with Gasteiger partial charge in [-0.3, -0.25) is 14.6 Å². The minimum Gasteiger partial charge on any atom is -0.489 e. The van der Waals surface area contributed by atoms with E-state index >= 15 is 0 Å². The zero-order valence-corrected chi connectivity index (χ0v) is 19.1. The average Bonchev–Trinajstić information content (AvgIpc) is 3.22. The molecule has 182 valence electrons. The molecule has 8 nitrogen and oxygen atoms in total. The Morgan fingerprint density at radius 3 is 2.54 bits per heavy atom. The molecular weight excluding hydrogens is 485 g/mol. The summed E-state index contributed by atoms with van der Waals surface area (Å²) in [5.41, 5.74) is 2.27. The van der Waals surface area contributed by atoms with E-state index in [0.29, 0.717) is 51.4 Å². The molecule has 2 N–H and O–H groups in total. The molecule has 12 heteroatoms. The van der Waals surface area contributed by atoms with Gasteiger partial charge in [0.05, 0.1) is 5.52 Å². The Balaban J connectivity index is 1.39. The number of nitrogens with one attached hydrogen (secondary N) is 2. The highest BCUT2D eigenvalue weighted by molar-refractivity contribution is 7.08. The fourth-order valence-electron chi connectivity index (χ4n) is 3.35. The highest BCUT2D eigenvalue weighted by Crippen LogP contribution is 2.28. The van der Waals surface area contributed by atoms with Crippen molar-refractivity contribution in [1.82, 2.24) is 20.5 Å². The summed E-state index contributed by atoms with van der Waals surface area (Å²) in [6, 6.07) is 12.2. The number of amides is 1. The van der Waals surface area contributed by atoms with Gasteiger partial charge in [0.1, 0.15) is 23.1 Å². The lowest BCUT2D eigenvalue weighted by atomic mass is 10.1. The van der Waals surface area contributed by atoms with Crippen LogP contribution in [0, 0.1) is 6.92 Å². The first-order valence-electron chi connectivity index (χ1n) is 10.4. The van der Waals surface area contributed by atoms with Crippen LogP contribution in [0.1, 0.15) is 26.6 Å². The zero-order chi connectivity index (χ0) is 25.0. The van der Waals surface area contributed by atoms with Crippen LogP contribution >= 0.6 is 11.3 Å². The molecule has 1 amide bonds. The summed E-state index contributed by atoms with van der Waals surface area (Å²) in [6.45, 7) is 2.18. The molecule has 0 saturated carbocycles. The van der Waals surface area contributed by atoms with Gasteiger partial charge in [0.2, 0.25) is 0 Å². The topological polar surface area (TPSA) is 106 Å². The lowest BCUT2D eigenvalue weighted by molar-refractivity contribution is -0.274. The quantitative estimate of drug-likeness (QED) is 0.374. The van der Waals surface area contributed by atoms with Crippen molar-refractivity contribution < 1.29 is 27.4 Å². The molecule has 0 fully saturated rings. The molecule has 2 heterocycles. The van der Waals surface area contributed by atoms with E-state index in [-0.39, 0.29) is 23.1 Å². The Morgan fingerprint density at radius 1 is 1.11 bits per heavy atom. The van der Waals surface area contributed by atoms with Crippen LogP contribution in [0.2, 0.25) is 0 Å². The normalized spacial score (nSPS) is 11.4. The van der Waals surface area contributed by atoms with E-state index in [2.05, 4.69) is 25.2 Å². The van der Waals surface area contributed by atoms with Gasteiger partial charge in [0.25, 0.3) is 5.91 Å². The Kier molecular flexibility index (Phi) is 7.01. The number of halogens is 3. The third-order valence-corrected chi connectivity index (χ3v) is 5.65. The average molecular weight is 504 g/mol. The number of aryl methyl sites for hydroxylation is 1. The van der Waals surface area contributed by atoms with Crippen molar-refractivity contribution in [1.29, 1.82) is 0 Å². The second kappa shape index (κ2) is 10.1. The molecule has 4 aromatic rings. The van der Waals surface area contributed by atoms with Gasteiger partial charge < -0.3 is 14.8 Å². The van der Waals surface area contributed by atoms with Crippen LogP contribution in [0.4, 0.5) is 13.2 Å². The van der Waals surface area contributed by atoms with Gasteiger partial charge in [-0.05, 0) is 55.5 Å². The number of pyridine rings is 1. The second-order valence-electron chi connectivity index (χ2n) is 7.48. The van der Waals surface area contributed by atoms with E-state index in [1.165, 1.54) is 18.2 Å². The number of H-pyrrole nitrogens is 1. The van der Waals surface area contributed by atoms with E-state index in [1.807, 2.05) is 0 Å². The molecule has 2 aromatic heterocycles. The van der Waals surface area contributed by atoms with Crippen molar-refractivity contribution in [2.24, 2.45) is 0 Å². The number of hydrogen-bond donors (Lipinski definition) is 2. The molecule has 4 rings (SSSR count). The lowest BCUT2D eigenvalue weighted by Crippen LogP contribution is -2.25. The van der Waals surface area contributed by atoms with Gasteiger partial charge in [0.15, 0.2) is 0 Å². The number of aromatic nitrogens is 3. The summed E-state index contributed by atoms with van der Waals surface area (Å²) in [4.78, 5) is 27.5. The van der Waals surface area contributed by atoms with Crippen molar-refractivity contribution in [3.05, 3.63) is 80.0 Å². The van der Waals surface area contributed by atoms with Crippen molar-refractivity contribution in [2.75, 3.05) is 6.54 Å². The van der Waals surface area contributed by atoms with E-state index in [9.17, 15) is 22.8 Å². The number of carbonyl (C=O) groups excluding carboxylic acids is 1. The van der Waals surface area contributed by atoms with E-state index in [0.717, 1.165) is 11.3 Å². The second-order valence-corrected chi connectivity index (χ2v) is 8.52. The maximum Gasteiger partial charge on any atom is 0.573 e. The van der Waals surface area contributed by atoms with Crippen molar-refractivity contribution >= 4 is 28.1 Å². The molecule has 35 heavy (non-hydrogen) atoms. The van der Waals surface area contributed by atoms with Crippen LogP contribution in [0.5, 0.6) is 11.5 Å². The first kappa shape index (κ1) is 24.2. The summed E-state index contributed by atoms with van der Waals surface area (Å²) < 4.78 is 47.7. The number of carbonyl (C=O) groups is 1. The van der Waals surface area contributed by atoms with Gasteiger partial charge in [0, 0.05) is 35.2 Å². The molecule has 0 atom stereocenters. The Morgan fingerprint density at radius 2 is 1.86 bits per heavy atom. The van der Waals surface area contributed by atoms with Crippen molar-refractivity contribution in [3.8, 4) is 11.5 Å². The summed E-state index contributed by atoms with van der Waals surface area (Å²) in [6.07, 6.45) is -4.36. The number of hydrogen-bond acceptors (Lipinski definition) is 7. The first-order valence-corrected chi connectivity index (χ1v) is 11.2. The zero-order valence-electron chi connectivity index (χ0n) is 18.3. The van der Waals surface area contributed by atoms with E-state index in [1.54, 1.807) is 37.3 Å². The smallest absolute Gasteiger partial charge is 0.489 e. The first-order chi connectivity index (χ1) is 16.7. The van der Waals surface area contributed by atoms with Gasteiger partial charge in [-0.25, -0.2) is 5.10 Å². The van der Waals surface area contributed by atoms with Crippen molar-refractivity contribution in [2.45, 2.75) is 26.3 Å². The predicted molar refractivity (Wildman–Crippen MR) is 123 cm³/mol. The number of ether oxygens (including phenoxy) is 2. The largest absolute Gasteiger partial charge is 0.573 e. The summed E-state index contributed by atoms with van der Waals surface area (Å²) >= 11 is 0.994. The molecule has 0 spiro atoms. The molecule has 0 saturated heterocycles. The molecule has 0 radical (unpaired) electrons. The third-order valence-electron chi connectivity index (χ3n) is 4.85. The molecular formula is C23H19F3N4O4S. The van der Waals surface area contributed by atoms with Crippen molar-refractivity contribution in [3.63, 3.8) is 0 Å². The maximum absolute atomic E-state index is 12.6. The molecule has 2 aromatic carbocycles. The summed E-state index contributed by atoms with van der Waals surface area (Å²) in [7, 11) is 0. The summed E-state index contributed by atoms with van der Waals surface area (Å²) in [5, 5.41) is 10.0. The van der Waals surface area contributed by atoms with E-state index in [4.69, 9.17) is 4.74 Å². The Labute approximate surface area is 200 Å². The number of benzene rings is 2. The van der Waals surface area contributed by atoms with Crippen LogP contribution in [-0.4, -0.2) is 34.0 Å². The molecule has 0 aliphatic rings. The van der Waals surface area contributed by atoms with Gasteiger partial charge in [-0.2, -0.15) is 5.10 Å². The highest BCUT2D eigenvalue weighted by atomic mass is 32.1. The number of fused-ring (bicyclic) bond motifs is 1. The monoisotopic (exact) mass is 504 g/mol. The molecule has 0 aliphatic heterocycles. The van der Waals surface area contributed by atoms with E-state index < -0.39 is 6.36 Å². The fraction of sp³-hybridized carbons (Fsp3) is 0.217. The van der Waals surface area contributed by atoms with Crippen LogP contribution in [0.25, 0.3) is 10.9 Å². The Bertz CT molecular complexity index is 1400. The minimum atomic E-state index is -4.80. The molecule has 0 bridgehead atoms. The number of alkyl halides is 3. The van der Waals surface area contributed by atoms with Gasteiger partial charge >= 0.3 is 11.2 Å². The number of rotatable bonds is 8. The minimum absolute atomic E-state index is 0.0768. The molecule has 0 aliphatic carbocycles. The SMILES string of the molecule is Cc1cc(COc2ccc(C(=O)NCCc3n[nH]c(=O)s3)cc2)c2cc(OC(F)(F)F)ccc2n1. The van der Waals surface area contributed by atoms with Crippen LogP contribution in [-0.2, 0) is 13.0 Å². The standard InChI is InChI=1S/C23H19F3N4O4S/c1-13-10-15(18-11-17(34-23(24,25)26)6-7-19(18)28-13)12-33-16-4-2-14(3-5-16)21(31)27-9-8-20-29-30-22(32)35-20/h2-7,10-11H,8-9,12H2,1H3,(H,27,31)(H,30,32).